The second kappa shape index (κ2) is 27.2. The molecule has 1 amide bonds. The van der Waals surface area contributed by atoms with E-state index in [-0.39, 0.29) is 30.7 Å². The van der Waals surface area contributed by atoms with E-state index in [0.717, 1.165) is 64.3 Å². The molecule has 3 aromatic heterocycles. The topological polar surface area (TPSA) is 159 Å². The van der Waals surface area contributed by atoms with E-state index in [2.05, 4.69) is 49.2 Å². The molecule has 0 radical (unpaired) electrons. The summed E-state index contributed by atoms with van der Waals surface area (Å²) in [5.74, 6) is 7.53. The van der Waals surface area contributed by atoms with Crippen LogP contribution in [0.2, 0.25) is 0 Å². The number of carbonyl (C=O) groups is 1. The van der Waals surface area contributed by atoms with Crippen molar-refractivity contribution in [3.63, 3.8) is 0 Å². The number of methoxy groups -OCH3 is 1. The molecular formula is C54H65F3N8O8S. The molecule has 4 heterocycles. The number of hydrogen-bond acceptors (Lipinski definition) is 14. The first-order valence-electron chi connectivity index (χ1n) is 24.5. The second-order valence-corrected chi connectivity index (χ2v) is 19.1. The number of likely N-dealkylation sites (N-methyl/N-ethyl adjacent to an activating group) is 1. The van der Waals surface area contributed by atoms with E-state index in [9.17, 15) is 22.8 Å². The monoisotopic (exact) mass is 1040 g/mol. The number of benzene rings is 3. The van der Waals surface area contributed by atoms with E-state index >= 15 is 0 Å². The van der Waals surface area contributed by atoms with E-state index < -0.39 is 12.7 Å². The summed E-state index contributed by atoms with van der Waals surface area (Å²) in [6, 6.07) is 23.7. The van der Waals surface area contributed by atoms with Gasteiger partial charge in [0.05, 0.1) is 82.4 Å². The number of halogens is 3. The number of carbonyl (C=O) groups excluding carboxylic acids is 1. The van der Waals surface area contributed by atoms with Crippen molar-refractivity contribution < 1.29 is 46.2 Å². The highest BCUT2D eigenvalue weighted by Gasteiger charge is 2.30. The van der Waals surface area contributed by atoms with Gasteiger partial charge < -0.3 is 58.2 Å². The molecule has 0 spiro atoms. The Bertz CT molecular complexity index is 2890. The van der Waals surface area contributed by atoms with Crippen molar-refractivity contribution in [2.45, 2.75) is 56.9 Å². The summed E-state index contributed by atoms with van der Waals surface area (Å²) < 4.78 is 79.9. The van der Waals surface area contributed by atoms with Crippen LogP contribution in [0.25, 0.3) is 22.0 Å². The van der Waals surface area contributed by atoms with Gasteiger partial charge in [-0.05, 0) is 132 Å². The van der Waals surface area contributed by atoms with E-state index in [1.54, 1.807) is 54.3 Å². The number of aromatic nitrogens is 3. The van der Waals surface area contributed by atoms with Gasteiger partial charge >= 0.3 is 6.18 Å². The normalized spacial score (nSPS) is 13.3. The predicted octanol–water partition coefficient (Wildman–Crippen LogP) is 7.85. The number of alkyl halides is 3. The van der Waals surface area contributed by atoms with Crippen LogP contribution in [0, 0.1) is 25.7 Å². The van der Waals surface area contributed by atoms with Crippen molar-refractivity contribution >= 4 is 40.1 Å². The fourth-order valence-electron chi connectivity index (χ4n) is 8.44. The Morgan fingerprint density at radius 1 is 0.932 bits per heavy atom. The molecule has 6 aromatic rings. The number of nitrogens with zero attached hydrogens (tertiary/aromatic N) is 5. The smallest absolute Gasteiger partial charge is 0.406 e. The summed E-state index contributed by atoms with van der Waals surface area (Å²) in [7, 11) is 5.64. The number of piperidine rings is 1. The molecular weight excluding hydrogens is 978 g/mol. The van der Waals surface area contributed by atoms with Crippen LogP contribution in [-0.2, 0) is 32.1 Å². The maximum absolute atomic E-state index is 13.8. The van der Waals surface area contributed by atoms with E-state index in [0.29, 0.717) is 93.4 Å². The highest BCUT2D eigenvalue weighted by Crippen LogP contribution is 2.33. The average molecular weight is 1040 g/mol. The predicted molar refractivity (Wildman–Crippen MR) is 281 cm³/mol. The summed E-state index contributed by atoms with van der Waals surface area (Å²) in [6.07, 6.45) is -0.699. The number of fused-ring (bicyclic) bond motifs is 1. The lowest BCUT2D eigenvalue weighted by Gasteiger charge is -2.30. The summed E-state index contributed by atoms with van der Waals surface area (Å²) in [6.45, 7) is 8.19. The maximum atomic E-state index is 13.8. The average Bonchev–Trinajstić information content (AvgIpc) is 3.90. The molecule has 3 N–H and O–H groups in total. The summed E-state index contributed by atoms with van der Waals surface area (Å²) in [5, 5.41) is 14.3. The SMILES string of the molecule is COc1cc(SN(C)CCOCCOCCOCCNC(=O)COc2cccc(Cn3cc(-c4c(C)noc4C)ccc3=O)c2)ccc1NCC#Cc1cc2c(NC3CCN(C)CC3)cccc2n1CC(F)(F)F. The van der Waals surface area contributed by atoms with Gasteiger partial charge in [-0.25, -0.2) is 4.31 Å². The molecule has 1 aliphatic heterocycles. The van der Waals surface area contributed by atoms with Gasteiger partial charge in [-0.3, -0.25) is 9.59 Å². The molecule has 0 bridgehead atoms. The lowest BCUT2D eigenvalue weighted by molar-refractivity contribution is -0.140. The number of aryl methyl sites for hydroxylation is 2. The van der Waals surface area contributed by atoms with Gasteiger partial charge in [0.25, 0.3) is 11.5 Å². The quantitative estimate of drug-likeness (QED) is 0.0274. The number of pyridine rings is 1. The fraction of sp³-hybridized carbons (Fsp3) is 0.426. The van der Waals surface area contributed by atoms with Crippen LogP contribution in [0.1, 0.15) is 35.6 Å². The molecule has 0 atom stereocenters. The van der Waals surface area contributed by atoms with Crippen molar-refractivity contribution in [1.82, 2.24) is 28.8 Å². The number of ether oxygens (including phenoxy) is 5. The molecule has 0 unspecified atom stereocenters. The van der Waals surface area contributed by atoms with E-state index in [4.69, 9.17) is 28.2 Å². The lowest BCUT2D eigenvalue weighted by atomic mass is 10.0. The Morgan fingerprint density at radius 3 is 2.43 bits per heavy atom. The third-order valence-corrected chi connectivity index (χ3v) is 13.1. The molecule has 0 aliphatic carbocycles. The van der Waals surface area contributed by atoms with Crippen LogP contribution in [-0.4, -0.2) is 142 Å². The maximum Gasteiger partial charge on any atom is 0.406 e. The molecule has 20 heteroatoms. The fourth-order valence-corrected chi connectivity index (χ4v) is 9.25. The highest BCUT2D eigenvalue weighted by atomic mass is 32.2. The number of likely N-dealkylation sites (tertiary alicyclic amines) is 1. The zero-order valence-corrected chi connectivity index (χ0v) is 43.3. The zero-order chi connectivity index (χ0) is 52.5. The minimum atomic E-state index is -4.41. The largest absolute Gasteiger partial charge is 0.495 e. The molecule has 1 saturated heterocycles. The molecule has 7 rings (SSSR count). The van der Waals surface area contributed by atoms with Crippen LogP contribution in [0.15, 0.2) is 99.3 Å². The van der Waals surface area contributed by atoms with Crippen molar-refractivity contribution in [3.05, 3.63) is 118 Å². The Kier molecular flexibility index (Phi) is 20.3. The standard InChI is InChI=1S/C54H65F3N8O8S/c1-38-53(39(2)73-61-38)41-14-17-52(67)64(35-41)34-40-9-6-11-44(31-40)72-36-51(66)59-21-25-69-27-29-71-30-28-70-26-24-63(4)74-45-15-16-48(50(33-45)68-5)58-20-8-10-43-32-46-47(60-42-18-22-62(3)23-19-42)12-7-13-49(46)65(43)37-54(55,56)57/h6-7,9,11-17,31-33,35,42,58,60H,18-30,34,36-37H2,1-5H3,(H,59,66). The minimum absolute atomic E-state index is 0.148. The minimum Gasteiger partial charge on any atom is -0.495 e. The number of rotatable bonds is 26. The van der Waals surface area contributed by atoms with Gasteiger partial charge in [0.1, 0.15) is 23.8 Å². The number of nitrogens with one attached hydrogen (secondary N) is 3. The van der Waals surface area contributed by atoms with E-state index in [1.807, 2.05) is 57.3 Å². The Labute approximate surface area is 433 Å². The van der Waals surface area contributed by atoms with Crippen LogP contribution >= 0.6 is 11.9 Å². The molecule has 1 fully saturated rings. The first-order valence-corrected chi connectivity index (χ1v) is 25.3. The molecule has 0 saturated carbocycles. The first-order chi connectivity index (χ1) is 35.7. The van der Waals surface area contributed by atoms with Crippen LogP contribution in [0.3, 0.4) is 0 Å². The summed E-state index contributed by atoms with van der Waals surface area (Å²) in [5.41, 5.74) is 5.46. The number of anilines is 2. The Morgan fingerprint density at radius 2 is 1.69 bits per heavy atom. The van der Waals surface area contributed by atoms with Crippen molar-refractivity contribution in [2.75, 3.05) is 111 Å². The Hall–Kier alpha value is -6.47. The lowest BCUT2D eigenvalue weighted by Crippen LogP contribution is -2.36. The van der Waals surface area contributed by atoms with Gasteiger partial charge in [-0.2, -0.15) is 13.2 Å². The van der Waals surface area contributed by atoms with Crippen molar-refractivity contribution in [2.24, 2.45) is 0 Å². The Balaban J connectivity index is 0.737. The van der Waals surface area contributed by atoms with Crippen LogP contribution in [0.4, 0.5) is 24.5 Å². The summed E-state index contributed by atoms with van der Waals surface area (Å²) >= 11 is 1.54. The van der Waals surface area contributed by atoms with Gasteiger partial charge in [0, 0.05) is 58.5 Å². The molecule has 396 valence electrons. The zero-order valence-electron chi connectivity index (χ0n) is 42.5. The van der Waals surface area contributed by atoms with Crippen LogP contribution in [0.5, 0.6) is 11.5 Å². The molecule has 16 nitrogen and oxygen atoms in total. The second-order valence-electron chi connectivity index (χ2n) is 17.9. The molecule has 74 heavy (non-hydrogen) atoms. The van der Waals surface area contributed by atoms with Gasteiger partial charge in [0.2, 0.25) is 0 Å². The van der Waals surface area contributed by atoms with Crippen LogP contribution < -0.4 is 31.0 Å². The van der Waals surface area contributed by atoms with Gasteiger partial charge in [-0.1, -0.05) is 29.3 Å². The first kappa shape index (κ1) is 55.3. The molecule has 1 aliphatic rings. The van der Waals surface area contributed by atoms with Gasteiger partial charge in [-0.15, -0.1) is 0 Å². The molecule has 3 aromatic carbocycles. The van der Waals surface area contributed by atoms with Crippen molar-refractivity contribution in [3.8, 4) is 34.5 Å². The number of amides is 1. The van der Waals surface area contributed by atoms with E-state index in [1.165, 1.54) is 22.6 Å². The third-order valence-electron chi connectivity index (χ3n) is 12.2. The summed E-state index contributed by atoms with van der Waals surface area (Å²) in [4.78, 5) is 28.3. The highest BCUT2D eigenvalue weighted by molar-refractivity contribution is 7.97. The number of hydrogen-bond donors (Lipinski definition) is 3. The van der Waals surface area contributed by atoms with Gasteiger partial charge in [0.15, 0.2) is 6.61 Å². The third kappa shape index (κ3) is 16.5. The van der Waals surface area contributed by atoms with Crippen molar-refractivity contribution in [1.29, 1.82) is 0 Å².